The summed E-state index contributed by atoms with van der Waals surface area (Å²) in [7, 11) is 0. The van der Waals surface area contributed by atoms with Gasteiger partial charge in [-0.05, 0) is 85.1 Å². The van der Waals surface area contributed by atoms with E-state index < -0.39 is 63.6 Å². The van der Waals surface area contributed by atoms with Crippen LogP contribution in [0.1, 0.15) is 73.3 Å². The van der Waals surface area contributed by atoms with E-state index in [4.69, 9.17) is 14.2 Å². The molecule has 0 aliphatic carbocycles. The lowest BCUT2D eigenvalue weighted by Gasteiger charge is -2.42. The lowest BCUT2D eigenvalue weighted by molar-refractivity contribution is -0.304. The van der Waals surface area contributed by atoms with Gasteiger partial charge in [0.05, 0.1) is 36.3 Å². The number of anilines is 2. The van der Waals surface area contributed by atoms with E-state index in [0.717, 1.165) is 26.0 Å². The average Bonchev–Trinajstić information content (AvgIpc) is 3.35. The highest BCUT2D eigenvalue weighted by molar-refractivity contribution is 5.91. The number of nitriles is 1. The van der Waals surface area contributed by atoms with E-state index in [0.29, 0.717) is 5.52 Å². The van der Waals surface area contributed by atoms with Crippen LogP contribution in [0.15, 0.2) is 41.3 Å². The Balaban J connectivity index is 1.70. The number of H-pyrrole nitrogens is 1. The Bertz CT molecular complexity index is 1760. The predicted molar refractivity (Wildman–Crippen MR) is 168 cm³/mol. The first-order valence-corrected chi connectivity index (χ1v) is 15.4. The fourth-order valence-corrected chi connectivity index (χ4v) is 5.74. The Hall–Kier alpha value is -4.42. The molecule has 3 aromatic rings. The van der Waals surface area contributed by atoms with Gasteiger partial charge in [0.15, 0.2) is 11.9 Å². The van der Waals surface area contributed by atoms with E-state index in [1.54, 1.807) is 26.8 Å². The van der Waals surface area contributed by atoms with Crippen molar-refractivity contribution in [2.75, 3.05) is 11.9 Å². The minimum Gasteiger partial charge on any atom is -0.462 e. The second-order valence-corrected chi connectivity index (χ2v) is 13.7. The van der Waals surface area contributed by atoms with Crippen molar-refractivity contribution in [2.45, 2.75) is 103 Å². The monoisotopic (exact) mass is 675 g/mol. The lowest BCUT2D eigenvalue weighted by Crippen LogP contribution is -2.57. The molecular weight excluding hydrogens is 635 g/mol. The molecule has 12 nitrogen and oxygen atoms in total. The number of nitrogens with one attached hydrogen (secondary N) is 2. The van der Waals surface area contributed by atoms with Crippen LogP contribution in [-0.2, 0) is 34.9 Å². The van der Waals surface area contributed by atoms with Crippen molar-refractivity contribution >= 4 is 34.3 Å². The highest BCUT2D eigenvalue weighted by Crippen LogP contribution is 2.52. The van der Waals surface area contributed by atoms with Crippen LogP contribution in [-0.4, -0.2) is 62.4 Å². The molecule has 1 aliphatic rings. The van der Waals surface area contributed by atoms with Crippen LogP contribution in [0, 0.1) is 16.7 Å². The minimum absolute atomic E-state index is 0.0399. The van der Waals surface area contributed by atoms with Gasteiger partial charge in [-0.1, -0.05) is 12.1 Å². The van der Waals surface area contributed by atoms with Crippen molar-refractivity contribution in [1.82, 2.24) is 14.8 Å². The molecule has 0 spiro atoms. The van der Waals surface area contributed by atoms with Crippen molar-refractivity contribution in [1.29, 1.82) is 5.26 Å². The van der Waals surface area contributed by atoms with Crippen molar-refractivity contribution < 1.29 is 42.1 Å². The molecule has 3 N–H and O–H groups in total. The number of nitrogens with zero attached hydrogens (tertiary/aromatic N) is 3. The third-order valence-electron chi connectivity index (χ3n) is 8.29. The molecule has 0 amide bonds. The molecule has 0 unspecified atom stereocenters. The van der Waals surface area contributed by atoms with Crippen molar-refractivity contribution in [3.8, 4) is 6.07 Å². The first-order valence-electron chi connectivity index (χ1n) is 15.4. The summed E-state index contributed by atoms with van der Waals surface area (Å²) in [6, 6.07) is 8.28. The molecule has 4 rings (SSSR count). The molecule has 1 saturated heterocycles. The number of carbonyl (C=O) groups is 2. The number of benzene rings is 1. The quantitative estimate of drug-likeness (QED) is 0.252. The number of esters is 2. The zero-order chi connectivity index (χ0) is 35.9. The molecule has 48 heavy (non-hydrogen) atoms. The fourth-order valence-electron chi connectivity index (χ4n) is 5.74. The number of ether oxygens (including phenoxy) is 3. The largest absolute Gasteiger partial charge is 0.462 e. The van der Waals surface area contributed by atoms with Crippen LogP contribution in [0.25, 0.3) is 10.9 Å². The normalized spacial score (nSPS) is 20.2. The van der Waals surface area contributed by atoms with Gasteiger partial charge in [0.1, 0.15) is 16.4 Å². The maximum atomic E-state index is 14.5. The molecule has 0 radical (unpaired) electrons. The molecule has 260 valence electrons. The number of alkyl halides is 3. The van der Waals surface area contributed by atoms with Gasteiger partial charge in [0, 0.05) is 11.9 Å². The summed E-state index contributed by atoms with van der Waals surface area (Å²) in [4.78, 5) is 41.0. The number of hydrogen-bond acceptors (Lipinski definition) is 10. The van der Waals surface area contributed by atoms with Gasteiger partial charge in [-0.25, -0.2) is 4.79 Å². The SMILES string of the molecule is CC(C)OC(=O)C(C)(C)[C@](O)(c1ccc(Nc2nn([C@]3(CC#N)CC[C@@H](C(=O)OC(C)(C)C)OC3)c3cc[nH]c(=O)c23)cc1)C(F)(F)F. The smallest absolute Gasteiger partial charge is 0.422 e. The molecule has 0 saturated carbocycles. The fraction of sp³-hybridized carbons (Fsp3) is 0.545. The summed E-state index contributed by atoms with van der Waals surface area (Å²) in [5, 5.41) is 28.6. The molecule has 1 fully saturated rings. The second-order valence-electron chi connectivity index (χ2n) is 13.7. The summed E-state index contributed by atoms with van der Waals surface area (Å²) in [5.41, 5.74) is -8.39. The van der Waals surface area contributed by atoms with E-state index in [9.17, 15) is 37.9 Å². The Morgan fingerprint density at radius 1 is 1.19 bits per heavy atom. The second kappa shape index (κ2) is 12.9. The van der Waals surface area contributed by atoms with Gasteiger partial charge >= 0.3 is 18.1 Å². The number of pyridine rings is 1. The number of aromatic nitrogens is 3. The van der Waals surface area contributed by atoms with Gasteiger partial charge in [-0.2, -0.15) is 23.5 Å². The van der Waals surface area contributed by atoms with Crippen LogP contribution in [0.5, 0.6) is 0 Å². The highest BCUT2D eigenvalue weighted by Gasteiger charge is 2.67. The zero-order valence-electron chi connectivity index (χ0n) is 27.8. The number of carbonyl (C=O) groups excluding carboxylic acids is 2. The molecule has 15 heteroatoms. The number of fused-ring (bicyclic) bond motifs is 1. The van der Waals surface area contributed by atoms with Crippen LogP contribution in [0.2, 0.25) is 0 Å². The Labute approximate surface area is 275 Å². The highest BCUT2D eigenvalue weighted by atomic mass is 19.4. The van der Waals surface area contributed by atoms with E-state index in [2.05, 4.69) is 21.5 Å². The van der Waals surface area contributed by atoms with E-state index in [1.807, 2.05) is 0 Å². The average molecular weight is 676 g/mol. The molecular formula is C33H40F3N5O7. The lowest BCUT2D eigenvalue weighted by atomic mass is 9.70. The summed E-state index contributed by atoms with van der Waals surface area (Å²) in [6.45, 7) is 10.0. The summed E-state index contributed by atoms with van der Waals surface area (Å²) in [6.07, 6.45) is -4.98. The maximum Gasteiger partial charge on any atom is 0.422 e. The van der Waals surface area contributed by atoms with E-state index in [-0.39, 0.29) is 42.8 Å². The number of hydrogen-bond donors (Lipinski definition) is 3. The van der Waals surface area contributed by atoms with Gasteiger partial charge in [-0.3, -0.25) is 14.3 Å². The maximum absolute atomic E-state index is 14.5. The zero-order valence-corrected chi connectivity index (χ0v) is 27.8. The molecule has 0 bridgehead atoms. The topological polar surface area (TPSA) is 169 Å². The van der Waals surface area contributed by atoms with E-state index >= 15 is 0 Å². The summed E-state index contributed by atoms with van der Waals surface area (Å²) < 4.78 is 61.4. The first-order chi connectivity index (χ1) is 22.2. The van der Waals surface area contributed by atoms with Crippen molar-refractivity contribution in [3.63, 3.8) is 0 Å². The number of halogens is 3. The minimum atomic E-state index is -5.26. The van der Waals surface area contributed by atoms with Crippen LogP contribution in [0.3, 0.4) is 0 Å². The van der Waals surface area contributed by atoms with Crippen LogP contribution >= 0.6 is 0 Å². The summed E-state index contributed by atoms with van der Waals surface area (Å²) >= 11 is 0. The van der Waals surface area contributed by atoms with Gasteiger partial charge in [0.2, 0.25) is 5.60 Å². The van der Waals surface area contributed by atoms with Crippen LogP contribution in [0.4, 0.5) is 24.7 Å². The van der Waals surface area contributed by atoms with Gasteiger partial charge in [0.25, 0.3) is 5.56 Å². The third kappa shape index (κ3) is 6.77. The van der Waals surface area contributed by atoms with Crippen molar-refractivity contribution in [3.05, 3.63) is 52.4 Å². The molecule has 1 aliphatic heterocycles. The number of rotatable bonds is 9. The third-order valence-corrected chi connectivity index (χ3v) is 8.29. The number of aliphatic hydroxyl groups is 1. The molecule has 3 heterocycles. The molecule has 1 aromatic carbocycles. The number of aromatic amines is 1. The first kappa shape index (κ1) is 36.4. The standard InChI is InChI=1S/C33H40F3N5O7/c1-19(2)47-28(44)30(6,7)32(45,33(34,35)36)20-8-10-21(11-9-20)39-25-24-22(13-17-38-26(24)42)41(40-25)31(15-16-37)14-12-23(46-18-31)27(43)48-29(3,4)5/h8-11,13,17,19,23,45H,12,14-15,18H2,1-7H3,(H,38,42)(H,39,40)/t23-,31-,32+/m0/s1. The Morgan fingerprint density at radius 2 is 1.83 bits per heavy atom. The summed E-state index contributed by atoms with van der Waals surface area (Å²) in [5.74, 6) is -1.72. The van der Waals surface area contributed by atoms with E-state index in [1.165, 1.54) is 36.9 Å². The van der Waals surface area contributed by atoms with Crippen molar-refractivity contribution in [2.24, 2.45) is 5.41 Å². The van der Waals surface area contributed by atoms with Gasteiger partial charge in [-0.15, -0.1) is 0 Å². The molecule has 2 aromatic heterocycles. The Morgan fingerprint density at radius 3 is 2.35 bits per heavy atom. The Kier molecular flexibility index (Phi) is 9.78. The predicted octanol–water partition coefficient (Wildman–Crippen LogP) is 5.33. The molecule has 3 atom stereocenters. The van der Waals surface area contributed by atoms with Crippen LogP contribution < -0.4 is 10.9 Å². The van der Waals surface area contributed by atoms with Gasteiger partial charge < -0.3 is 29.6 Å².